The molecule has 7 nitrogen and oxygen atoms in total. The van der Waals surface area contributed by atoms with Crippen LogP contribution in [0.2, 0.25) is 0 Å². The number of fused-ring (bicyclic) bond motifs is 1. The van der Waals surface area contributed by atoms with E-state index in [2.05, 4.69) is 5.32 Å². The quantitative estimate of drug-likeness (QED) is 0.669. The van der Waals surface area contributed by atoms with Gasteiger partial charge in [-0.1, -0.05) is 19.3 Å². The molecule has 1 aliphatic heterocycles. The van der Waals surface area contributed by atoms with E-state index < -0.39 is 5.54 Å². The Morgan fingerprint density at radius 1 is 1.06 bits per heavy atom. The van der Waals surface area contributed by atoms with Gasteiger partial charge in [-0.05, 0) is 56.2 Å². The van der Waals surface area contributed by atoms with Gasteiger partial charge in [0.25, 0.3) is 5.91 Å². The summed E-state index contributed by atoms with van der Waals surface area (Å²) in [5.41, 5.74) is 0.276. The van der Waals surface area contributed by atoms with Crippen LogP contribution in [-0.2, 0) is 17.9 Å². The highest BCUT2D eigenvalue weighted by molar-refractivity contribution is 6.00. The Kier molecular flexibility index (Phi) is 4.96. The van der Waals surface area contributed by atoms with Crippen LogP contribution in [0.15, 0.2) is 57.8 Å². The van der Waals surface area contributed by atoms with E-state index in [1.54, 1.807) is 29.6 Å². The van der Waals surface area contributed by atoms with Crippen LogP contribution in [0.5, 0.6) is 0 Å². The molecule has 162 valence electrons. The van der Waals surface area contributed by atoms with E-state index in [1.165, 1.54) is 6.42 Å². The van der Waals surface area contributed by atoms with Gasteiger partial charge in [-0.3, -0.25) is 9.59 Å². The van der Waals surface area contributed by atoms with Gasteiger partial charge in [0.2, 0.25) is 5.91 Å². The fourth-order valence-electron chi connectivity index (χ4n) is 4.81. The zero-order valence-corrected chi connectivity index (χ0v) is 17.7. The van der Waals surface area contributed by atoms with Gasteiger partial charge in [0.15, 0.2) is 0 Å². The molecule has 1 saturated carbocycles. The lowest BCUT2D eigenvalue weighted by molar-refractivity contribution is -0.134. The number of carbonyl (C=O) groups excluding carboxylic acids is 2. The second kappa shape index (κ2) is 7.80. The molecule has 5 rings (SSSR count). The predicted molar refractivity (Wildman–Crippen MR) is 114 cm³/mol. The van der Waals surface area contributed by atoms with E-state index in [0.29, 0.717) is 23.8 Å². The molecule has 3 aromatic heterocycles. The van der Waals surface area contributed by atoms with Crippen molar-refractivity contribution in [2.24, 2.45) is 0 Å². The number of aromatic nitrogens is 1. The van der Waals surface area contributed by atoms with Crippen LogP contribution in [0.4, 0.5) is 0 Å². The van der Waals surface area contributed by atoms with Gasteiger partial charge in [-0.2, -0.15) is 0 Å². The molecule has 0 radical (unpaired) electrons. The molecule has 0 unspecified atom stereocenters. The van der Waals surface area contributed by atoms with Crippen molar-refractivity contribution in [3.05, 3.63) is 60.4 Å². The maximum atomic E-state index is 13.6. The van der Waals surface area contributed by atoms with Crippen molar-refractivity contribution >= 4 is 11.8 Å². The first-order valence-corrected chi connectivity index (χ1v) is 10.9. The largest absolute Gasteiger partial charge is 0.467 e. The minimum absolute atomic E-state index is 0.121. The highest BCUT2D eigenvalue weighted by Gasteiger charge is 2.48. The summed E-state index contributed by atoms with van der Waals surface area (Å²) < 4.78 is 13.0. The summed E-state index contributed by atoms with van der Waals surface area (Å²) >= 11 is 0. The van der Waals surface area contributed by atoms with Crippen molar-refractivity contribution in [3.8, 4) is 11.5 Å². The molecule has 7 heteroatoms. The molecule has 0 bridgehead atoms. The smallest absolute Gasteiger partial charge is 0.271 e. The number of hydrogen-bond acceptors (Lipinski definition) is 4. The van der Waals surface area contributed by atoms with Crippen LogP contribution in [0.3, 0.4) is 0 Å². The summed E-state index contributed by atoms with van der Waals surface area (Å²) in [6.45, 7) is 2.43. The fourth-order valence-corrected chi connectivity index (χ4v) is 4.81. The number of rotatable bonds is 5. The van der Waals surface area contributed by atoms with Gasteiger partial charge >= 0.3 is 0 Å². The van der Waals surface area contributed by atoms with Crippen LogP contribution in [0, 0.1) is 0 Å². The predicted octanol–water partition coefficient (Wildman–Crippen LogP) is 4.20. The Morgan fingerprint density at radius 2 is 1.81 bits per heavy atom. The minimum atomic E-state index is -1.06. The Hall–Kier alpha value is -3.22. The molecule has 2 amide bonds. The second-order valence-corrected chi connectivity index (χ2v) is 8.72. The molecule has 0 aromatic carbocycles. The minimum Gasteiger partial charge on any atom is -0.467 e. The molecule has 31 heavy (non-hydrogen) atoms. The fraction of sp³-hybridized carbons (Fsp3) is 0.417. The molecule has 0 saturated heterocycles. The van der Waals surface area contributed by atoms with Crippen molar-refractivity contribution in [2.75, 3.05) is 0 Å². The third-order valence-electron chi connectivity index (χ3n) is 6.60. The zero-order chi connectivity index (χ0) is 21.4. The molecule has 3 aromatic rings. The zero-order valence-electron chi connectivity index (χ0n) is 17.7. The van der Waals surface area contributed by atoms with E-state index in [4.69, 9.17) is 8.83 Å². The summed E-state index contributed by atoms with van der Waals surface area (Å²) in [6.07, 6.45) is 8.63. The number of hydrogen-bond donors (Lipinski definition) is 1. The van der Waals surface area contributed by atoms with Gasteiger partial charge in [0.05, 0.1) is 31.3 Å². The normalized spacial score (nSPS) is 21.8. The van der Waals surface area contributed by atoms with Crippen LogP contribution in [-0.4, -0.2) is 32.9 Å². The van der Waals surface area contributed by atoms with Gasteiger partial charge in [0, 0.05) is 6.04 Å². The first kappa shape index (κ1) is 19.7. The van der Waals surface area contributed by atoms with Crippen LogP contribution in [0.1, 0.15) is 55.3 Å². The lowest BCUT2D eigenvalue weighted by atomic mass is 9.91. The first-order valence-electron chi connectivity index (χ1n) is 10.9. The van der Waals surface area contributed by atoms with Crippen molar-refractivity contribution in [3.63, 3.8) is 0 Å². The number of carbonyl (C=O) groups is 2. The Morgan fingerprint density at radius 3 is 2.52 bits per heavy atom. The lowest BCUT2D eigenvalue weighted by Crippen LogP contribution is -2.64. The molecule has 0 spiro atoms. The maximum absolute atomic E-state index is 13.6. The highest BCUT2D eigenvalue weighted by Crippen LogP contribution is 2.34. The average Bonchev–Trinajstić information content (AvgIpc) is 3.53. The molecular weight excluding hydrogens is 394 g/mol. The van der Waals surface area contributed by atoms with E-state index in [0.717, 1.165) is 31.4 Å². The van der Waals surface area contributed by atoms with Crippen LogP contribution in [0.25, 0.3) is 11.5 Å². The Balaban J connectivity index is 1.52. The number of amides is 2. The first-order chi connectivity index (χ1) is 15.1. The van der Waals surface area contributed by atoms with Crippen LogP contribution < -0.4 is 5.32 Å². The Labute approximate surface area is 181 Å². The van der Waals surface area contributed by atoms with Gasteiger partial charge in [0.1, 0.15) is 22.8 Å². The highest BCUT2D eigenvalue weighted by atomic mass is 16.3. The molecule has 1 aliphatic carbocycles. The summed E-state index contributed by atoms with van der Waals surface area (Å²) in [6, 6.07) is 11.1. The third kappa shape index (κ3) is 3.48. The molecule has 1 N–H and O–H groups in total. The summed E-state index contributed by atoms with van der Waals surface area (Å²) in [5.74, 6) is 1.01. The Bertz CT molecular complexity index is 1060. The second-order valence-electron chi connectivity index (χ2n) is 8.72. The van der Waals surface area contributed by atoms with E-state index in [1.807, 2.05) is 35.8 Å². The van der Waals surface area contributed by atoms with Crippen molar-refractivity contribution in [2.45, 2.75) is 63.7 Å². The third-order valence-corrected chi connectivity index (χ3v) is 6.60. The SMILES string of the molecule is C[C@@]1(C(=O)NC2CCCCC2)Cn2c(ccc2-c2ccco2)C(=O)N1Cc1ccco1. The molecule has 1 atom stereocenters. The number of nitrogens with zero attached hydrogens (tertiary/aromatic N) is 2. The standard InChI is InChI=1S/C24H27N3O4/c1-24(23(29)25-17-7-3-2-4-8-17)16-26-19(21-10-6-14-31-21)11-12-20(26)22(28)27(24)15-18-9-5-13-30-18/h5-6,9-14,17H,2-4,7-8,15-16H2,1H3,(H,25,29)/t24-/m0/s1. The van der Waals surface area contributed by atoms with Gasteiger partial charge < -0.3 is 23.6 Å². The van der Waals surface area contributed by atoms with Gasteiger partial charge in [-0.15, -0.1) is 0 Å². The van der Waals surface area contributed by atoms with E-state index >= 15 is 0 Å². The molecule has 4 heterocycles. The lowest BCUT2D eigenvalue weighted by Gasteiger charge is -2.44. The van der Waals surface area contributed by atoms with Crippen molar-refractivity contribution in [1.82, 2.24) is 14.8 Å². The van der Waals surface area contributed by atoms with Crippen molar-refractivity contribution in [1.29, 1.82) is 0 Å². The topological polar surface area (TPSA) is 80.6 Å². The average molecular weight is 421 g/mol. The summed E-state index contributed by atoms with van der Waals surface area (Å²) in [4.78, 5) is 28.9. The maximum Gasteiger partial charge on any atom is 0.271 e. The van der Waals surface area contributed by atoms with Gasteiger partial charge in [-0.25, -0.2) is 0 Å². The summed E-state index contributed by atoms with van der Waals surface area (Å²) in [7, 11) is 0. The molecule has 1 fully saturated rings. The number of furan rings is 2. The van der Waals surface area contributed by atoms with E-state index in [9.17, 15) is 9.59 Å². The van der Waals surface area contributed by atoms with Crippen molar-refractivity contribution < 1.29 is 18.4 Å². The molecule has 2 aliphatic rings. The monoisotopic (exact) mass is 421 g/mol. The number of nitrogens with one attached hydrogen (secondary N) is 1. The van der Waals surface area contributed by atoms with Crippen LogP contribution >= 0.6 is 0 Å². The molecular formula is C24H27N3O4. The van der Waals surface area contributed by atoms with E-state index in [-0.39, 0.29) is 24.4 Å². The summed E-state index contributed by atoms with van der Waals surface area (Å²) in [5, 5.41) is 3.24.